The molecule has 24 heavy (non-hydrogen) atoms. The highest BCUT2D eigenvalue weighted by Gasteiger charge is 2.10. The van der Waals surface area contributed by atoms with Crippen molar-refractivity contribution in [3.05, 3.63) is 65.2 Å². The van der Waals surface area contributed by atoms with Gasteiger partial charge in [-0.3, -0.25) is 0 Å². The third-order valence-electron chi connectivity index (χ3n) is 3.80. The summed E-state index contributed by atoms with van der Waals surface area (Å²) in [6, 6.07) is 15.9. The van der Waals surface area contributed by atoms with Crippen molar-refractivity contribution in [2.45, 2.75) is 26.7 Å². The number of sulfonamides is 1. The van der Waals surface area contributed by atoms with Gasteiger partial charge in [0.05, 0.1) is 5.75 Å². The quantitative estimate of drug-likeness (QED) is 0.709. The summed E-state index contributed by atoms with van der Waals surface area (Å²) in [5.41, 5.74) is 3.27. The highest BCUT2D eigenvalue weighted by molar-refractivity contribution is 7.89. The Balaban J connectivity index is 1.71. The zero-order valence-electron chi connectivity index (χ0n) is 14.3. The summed E-state index contributed by atoms with van der Waals surface area (Å²) in [5.74, 6) is 0.964. The largest absolute Gasteiger partial charge is 0.492 e. The van der Waals surface area contributed by atoms with Crippen molar-refractivity contribution in [2.75, 3.05) is 18.9 Å². The average Bonchev–Trinajstić information content (AvgIpc) is 2.54. The summed E-state index contributed by atoms with van der Waals surface area (Å²) >= 11 is 0. The summed E-state index contributed by atoms with van der Waals surface area (Å²) in [6.07, 6.45) is 1.37. The first kappa shape index (κ1) is 18.5. The summed E-state index contributed by atoms with van der Waals surface area (Å²) in [5, 5.41) is 0. The van der Waals surface area contributed by atoms with Crippen LogP contribution >= 0.6 is 0 Å². The molecule has 0 bridgehead atoms. The standard InChI is InChI=1S/C19H25NO3S/c1-16-8-6-9-17(2)19(16)23-14-13-20-24(21,22)15-7-12-18-10-4-3-5-11-18/h3-6,8-11,20H,7,12-15H2,1-2H3. The van der Waals surface area contributed by atoms with Gasteiger partial charge in [0.25, 0.3) is 0 Å². The first-order valence-electron chi connectivity index (χ1n) is 8.18. The molecule has 0 atom stereocenters. The lowest BCUT2D eigenvalue weighted by atomic mass is 10.1. The van der Waals surface area contributed by atoms with Gasteiger partial charge in [0.1, 0.15) is 12.4 Å². The van der Waals surface area contributed by atoms with E-state index in [4.69, 9.17) is 4.74 Å². The topological polar surface area (TPSA) is 55.4 Å². The SMILES string of the molecule is Cc1cccc(C)c1OCCNS(=O)(=O)CCCc1ccccc1. The van der Waals surface area contributed by atoms with E-state index in [9.17, 15) is 8.42 Å². The number of ether oxygens (including phenoxy) is 1. The van der Waals surface area contributed by atoms with Crippen molar-refractivity contribution in [1.29, 1.82) is 0 Å². The molecule has 2 rings (SSSR count). The van der Waals surface area contributed by atoms with E-state index in [1.165, 1.54) is 0 Å². The minimum Gasteiger partial charge on any atom is -0.492 e. The van der Waals surface area contributed by atoms with Crippen molar-refractivity contribution in [2.24, 2.45) is 0 Å². The van der Waals surface area contributed by atoms with Gasteiger partial charge < -0.3 is 4.74 Å². The molecule has 0 aromatic heterocycles. The predicted octanol–water partition coefficient (Wildman–Crippen LogP) is 3.23. The molecule has 1 N–H and O–H groups in total. The fourth-order valence-corrected chi connectivity index (χ4v) is 3.62. The summed E-state index contributed by atoms with van der Waals surface area (Å²) in [4.78, 5) is 0. The van der Waals surface area contributed by atoms with Crippen LogP contribution in [0.15, 0.2) is 48.5 Å². The van der Waals surface area contributed by atoms with E-state index in [1.807, 2.05) is 62.4 Å². The lowest BCUT2D eigenvalue weighted by molar-refractivity contribution is 0.318. The van der Waals surface area contributed by atoms with E-state index >= 15 is 0 Å². The molecule has 130 valence electrons. The molecule has 0 radical (unpaired) electrons. The average molecular weight is 347 g/mol. The Morgan fingerprint density at radius 3 is 2.29 bits per heavy atom. The van der Waals surface area contributed by atoms with Gasteiger partial charge >= 0.3 is 0 Å². The molecule has 0 fully saturated rings. The second-order valence-corrected chi connectivity index (χ2v) is 7.80. The second kappa shape index (κ2) is 8.85. The molecule has 0 heterocycles. The predicted molar refractivity (Wildman–Crippen MR) is 98.0 cm³/mol. The van der Waals surface area contributed by atoms with Gasteiger partial charge in [-0.2, -0.15) is 0 Å². The minimum absolute atomic E-state index is 0.130. The molecule has 0 aliphatic heterocycles. The van der Waals surface area contributed by atoms with Crippen molar-refractivity contribution >= 4 is 10.0 Å². The van der Waals surface area contributed by atoms with Gasteiger partial charge in [0.2, 0.25) is 10.0 Å². The van der Waals surface area contributed by atoms with Crippen molar-refractivity contribution in [3.8, 4) is 5.75 Å². The lowest BCUT2D eigenvalue weighted by Crippen LogP contribution is -2.30. The van der Waals surface area contributed by atoms with Crippen LogP contribution in [0, 0.1) is 13.8 Å². The number of rotatable bonds is 9. The van der Waals surface area contributed by atoms with E-state index in [1.54, 1.807) is 0 Å². The molecule has 0 saturated carbocycles. The molecule has 0 unspecified atom stereocenters. The number of hydrogen-bond donors (Lipinski definition) is 1. The smallest absolute Gasteiger partial charge is 0.211 e. The van der Waals surface area contributed by atoms with Gasteiger partial charge in [-0.05, 0) is 43.4 Å². The van der Waals surface area contributed by atoms with Gasteiger partial charge in [-0.15, -0.1) is 0 Å². The Kier molecular flexibility index (Phi) is 6.82. The Morgan fingerprint density at radius 2 is 1.62 bits per heavy atom. The molecule has 0 aliphatic carbocycles. The summed E-state index contributed by atoms with van der Waals surface area (Å²) in [7, 11) is -3.26. The number of aryl methyl sites for hydroxylation is 3. The van der Waals surface area contributed by atoms with E-state index in [-0.39, 0.29) is 12.3 Å². The van der Waals surface area contributed by atoms with E-state index in [2.05, 4.69) is 4.72 Å². The molecule has 2 aromatic carbocycles. The third-order valence-corrected chi connectivity index (χ3v) is 5.27. The molecular formula is C19H25NO3S. The molecule has 0 amide bonds. The van der Waals surface area contributed by atoms with Crippen LogP contribution in [0.2, 0.25) is 0 Å². The Labute approximate surface area is 144 Å². The number of hydrogen-bond acceptors (Lipinski definition) is 3. The fraction of sp³-hybridized carbons (Fsp3) is 0.368. The maximum Gasteiger partial charge on any atom is 0.211 e. The molecular weight excluding hydrogens is 322 g/mol. The highest BCUT2D eigenvalue weighted by Crippen LogP contribution is 2.21. The zero-order valence-corrected chi connectivity index (χ0v) is 15.1. The number of nitrogens with one attached hydrogen (secondary N) is 1. The Morgan fingerprint density at radius 1 is 0.958 bits per heavy atom. The van der Waals surface area contributed by atoms with Crippen LogP contribution in [-0.4, -0.2) is 27.3 Å². The highest BCUT2D eigenvalue weighted by atomic mass is 32.2. The molecule has 0 saturated heterocycles. The number of para-hydroxylation sites is 1. The first-order chi connectivity index (χ1) is 11.5. The lowest BCUT2D eigenvalue weighted by Gasteiger charge is -2.12. The molecule has 0 aliphatic rings. The van der Waals surface area contributed by atoms with Gasteiger partial charge in [-0.1, -0.05) is 48.5 Å². The van der Waals surface area contributed by atoms with Crippen LogP contribution in [0.4, 0.5) is 0 Å². The molecule has 4 nitrogen and oxygen atoms in total. The van der Waals surface area contributed by atoms with Crippen molar-refractivity contribution < 1.29 is 13.2 Å². The summed E-state index contributed by atoms with van der Waals surface area (Å²) < 4.78 is 32.3. The summed E-state index contributed by atoms with van der Waals surface area (Å²) in [6.45, 7) is 4.57. The van der Waals surface area contributed by atoms with Gasteiger partial charge in [-0.25, -0.2) is 13.1 Å². The maximum atomic E-state index is 12.0. The van der Waals surface area contributed by atoms with Crippen LogP contribution < -0.4 is 9.46 Å². The third kappa shape index (κ3) is 5.98. The first-order valence-corrected chi connectivity index (χ1v) is 9.83. The molecule has 0 spiro atoms. The van der Waals surface area contributed by atoms with Crippen LogP contribution in [-0.2, 0) is 16.4 Å². The van der Waals surface area contributed by atoms with Crippen LogP contribution in [0.3, 0.4) is 0 Å². The van der Waals surface area contributed by atoms with Crippen LogP contribution in [0.1, 0.15) is 23.1 Å². The monoisotopic (exact) mass is 347 g/mol. The van der Waals surface area contributed by atoms with Crippen LogP contribution in [0.5, 0.6) is 5.75 Å². The Hall–Kier alpha value is -1.85. The van der Waals surface area contributed by atoms with Gasteiger partial charge in [0, 0.05) is 6.54 Å². The van der Waals surface area contributed by atoms with Crippen LogP contribution in [0.25, 0.3) is 0 Å². The molecule has 5 heteroatoms. The second-order valence-electron chi connectivity index (χ2n) is 5.87. The minimum atomic E-state index is -3.26. The van der Waals surface area contributed by atoms with E-state index in [0.717, 1.165) is 28.9 Å². The molecule has 2 aromatic rings. The van der Waals surface area contributed by atoms with Crippen molar-refractivity contribution in [1.82, 2.24) is 4.72 Å². The van der Waals surface area contributed by atoms with E-state index < -0.39 is 10.0 Å². The number of benzene rings is 2. The van der Waals surface area contributed by atoms with Gasteiger partial charge in [0.15, 0.2) is 0 Å². The zero-order chi connectivity index (χ0) is 17.4. The Bertz CT molecular complexity index is 722. The van der Waals surface area contributed by atoms with Crippen molar-refractivity contribution in [3.63, 3.8) is 0 Å². The van der Waals surface area contributed by atoms with E-state index in [0.29, 0.717) is 13.0 Å². The normalized spacial score (nSPS) is 11.4. The maximum absolute atomic E-state index is 12.0. The fourth-order valence-electron chi connectivity index (χ4n) is 2.56.